The zero-order valence-electron chi connectivity index (χ0n) is 10.0. The molecule has 0 saturated heterocycles. The van der Waals surface area contributed by atoms with Gasteiger partial charge in [-0.15, -0.1) is 0 Å². The second kappa shape index (κ2) is 4.63. The molecule has 4 nitrogen and oxygen atoms in total. The summed E-state index contributed by atoms with van der Waals surface area (Å²) >= 11 is 0. The van der Waals surface area contributed by atoms with Crippen molar-refractivity contribution >= 4 is 0 Å². The predicted octanol–water partition coefficient (Wildman–Crippen LogP) is 2.78. The van der Waals surface area contributed by atoms with Crippen LogP contribution in [0.1, 0.15) is 17.2 Å². The first-order valence-electron chi connectivity index (χ1n) is 5.90. The molecule has 4 heteroatoms. The summed E-state index contributed by atoms with van der Waals surface area (Å²) in [6.07, 6.45) is -0.598. The van der Waals surface area contributed by atoms with Crippen LogP contribution < -0.4 is 9.47 Å². The molecule has 0 fully saturated rings. The Labute approximate surface area is 110 Å². The van der Waals surface area contributed by atoms with Gasteiger partial charge in [0.25, 0.3) is 0 Å². The van der Waals surface area contributed by atoms with Crippen molar-refractivity contribution in [3.05, 3.63) is 53.6 Å². The van der Waals surface area contributed by atoms with Crippen LogP contribution in [0.2, 0.25) is 0 Å². The standard InChI is InChI=1S/C15H11NO3/c16-8-10-4-6-11(7-5-10)19-14-3-1-2-12-13(17)9-18-15(12)14/h1-7,13,17H,9H2. The molecule has 0 aromatic heterocycles. The van der Waals surface area contributed by atoms with Crippen LogP contribution in [-0.4, -0.2) is 11.7 Å². The highest BCUT2D eigenvalue weighted by Gasteiger charge is 2.25. The van der Waals surface area contributed by atoms with Gasteiger partial charge in [0.15, 0.2) is 11.5 Å². The SMILES string of the molecule is N#Cc1ccc(Oc2cccc3c2OCC3O)cc1. The van der Waals surface area contributed by atoms with E-state index in [1.54, 1.807) is 30.3 Å². The van der Waals surface area contributed by atoms with Crippen LogP contribution in [-0.2, 0) is 0 Å². The maximum Gasteiger partial charge on any atom is 0.169 e. The monoisotopic (exact) mass is 253 g/mol. The lowest BCUT2D eigenvalue weighted by molar-refractivity contribution is 0.140. The van der Waals surface area contributed by atoms with Crippen molar-refractivity contribution in [2.24, 2.45) is 0 Å². The second-order valence-corrected chi connectivity index (χ2v) is 4.24. The van der Waals surface area contributed by atoms with Crippen LogP contribution in [0.25, 0.3) is 0 Å². The number of nitrogens with zero attached hydrogens (tertiary/aromatic N) is 1. The van der Waals surface area contributed by atoms with Crippen molar-refractivity contribution in [1.82, 2.24) is 0 Å². The van der Waals surface area contributed by atoms with Gasteiger partial charge >= 0.3 is 0 Å². The van der Waals surface area contributed by atoms with E-state index in [0.29, 0.717) is 22.8 Å². The third-order valence-electron chi connectivity index (χ3n) is 2.97. The van der Waals surface area contributed by atoms with E-state index in [-0.39, 0.29) is 6.61 Å². The molecule has 19 heavy (non-hydrogen) atoms. The summed E-state index contributed by atoms with van der Waals surface area (Å²) in [5.41, 5.74) is 1.32. The highest BCUT2D eigenvalue weighted by molar-refractivity contribution is 5.51. The van der Waals surface area contributed by atoms with E-state index in [0.717, 1.165) is 5.56 Å². The van der Waals surface area contributed by atoms with Crippen LogP contribution in [0.15, 0.2) is 42.5 Å². The van der Waals surface area contributed by atoms with Crippen molar-refractivity contribution < 1.29 is 14.6 Å². The van der Waals surface area contributed by atoms with Gasteiger partial charge < -0.3 is 14.6 Å². The Morgan fingerprint density at radius 1 is 1.21 bits per heavy atom. The molecule has 0 spiro atoms. The molecule has 3 rings (SSSR count). The van der Waals surface area contributed by atoms with Gasteiger partial charge in [-0.1, -0.05) is 12.1 Å². The fraction of sp³-hybridized carbons (Fsp3) is 0.133. The topological polar surface area (TPSA) is 62.5 Å². The lowest BCUT2D eigenvalue weighted by Gasteiger charge is -2.09. The van der Waals surface area contributed by atoms with Crippen molar-refractivity contribution in [2.45, 2.75) is 6.10 Å². The van der Waals surface area contributed by atoms with Gasteiger partial charge in [-0.3, -0.25) is 0 Å². The quantitative estimate of drug-likeness (QED) is 0.893. The number of ether oxygens (including phenoxy) is 2. The minimum absolute atomic E-state index is 0.253. The summed E-state index contributed by atoms with van der Waals surface area (Å²) in [7, 11) is 0. The fourth-order valence-corrected chi connectivity index (χ4v) is 2.01. The molecule has 0 bridgehead atoms. The van der Waals surface area contributed by atoms with E-state index >= 15 is 0 Å². The Kier molecular flexibility index (Phi) is 2.82. The number of nitriles is 1. The number of hydrogen-bond donors (Lipinski definition) is 1. The van der Waals surface area contributed by atoms with Gasteiger partial charge in [-0.25, -0.2) is 0 Å². The van der Waals surface area contributed by atoms with Gasteiger partial charge in [-0.05, 0) is 30.3 Å². The number of aliphatic hydroxyl groups excluding tert-OH is 1. The number of hydrogen-bond acceptors (Lipinski definition) is 4. The molecule has 0 radical (unpaired) electrons. The van der Waals surface area contributed by atoms with Crippen LogP contribution in [0.3, 0.4) is 0 Å². The van der Waals surface area contributed by atoms with Gasteiger partial charge in [0.1, 0.15) is 18.5 Å². The number of aliphatic hydroxyl groups is 1. The molecule has 1 unspecified atom stereocenters. The largest absolute Gasteiger partial charge is 0.486 e. The highest BCUT2D eigenvalue weighted by Crippen LogP contribution is 2.41. The first-order valence-corrected chi connectivity index (χ1v) is 5.90. The highest BCUT2D eigenvalue weighted by atomic mass is 16.5. The Balaban J connectivity index is 1.90. The normalized spacial score (nSPS) is 16.3. The van der Waals surface area contributed by atoms with Crippen molar-refractivity contribution in [3.63, 3.8) is 0 Å². The first-order chi connectivity index (χ1) is 9.28. The molecule has 0 saturated carbocycles. The van der Waals surface area contributed by atoms with E-state index in [4.69, 9.17) is 14.7 Å². The van der Waals surface area contributed by atoms with Gasteiger partial charge in [0.05, 0.1) is 11.6 Å². The Morgan fingerprint density at radius 2 is 2.00 bits per heavy atom. The maximum absolute atomic E-state index is 9.72. The Hall–Kier alpha value is -2.51. The summed E-state index contributed by atoms with van der Waals surface area (Å²) in [6, 6.07) is 14.3. The summed E-state index contributed by atoms with van der Waals surface area (Å²) in [4.78, 5) is 0. The van der Waals surface area contributed by atoms with E-state index in [1.807, 2.05) is 12.1 Å². The molecule has 1 atom stereocenters. The lowest BCUT2D eigenvalue weighted by atomic mass is 10.1. The van der Waals surface area contributed by atoms with Gasteiger partial charge in [0.2, 0.25) is 0 Å². The van der Waals surface area contributed by atoms with E-state index in [9.17, 15) is 5.11 Å². The number of rotatable bonds is 2. The molecule has 1 aliphatic heterocycles. The molecule has 1 N–H and O–H groups in total. The van der Waals surface area contributed by atoms with Gasteiger partial charge in [0, 0.05) is 5.56 Å². The first kappa shape index (κ1) is 11.6. The zero-order chi connectivity index (χ0) is 13.2. The fourth-order valence-electron chi connectivity index (χ4n) is 2.01. The summed E-state index contributed by atoms with van der Waals surface area (Å²) in [6.45, 7) is 0.253. The predicted molar refractivity (Wildman–Crippen MR) is 68.1 cm³/mol. The van der Waals surface area contributed by atoms with Crippen molar-refractivity contribution in [2.75, 3.05) is 6.61 Å². The Morgan fingerprint density at radius 3 is 2.74 bits per heavy atom. The molecule has 1 heterocycles. The summed E-state index contributed by atoms with van der Waals surface area (Å²) in [5, 5.41) is 18.5. The third kappa shape index (κ3) is 2.12. The Bertz CT molecular complexity index is 643. The zero-order valence-corrected chi connectivity index (χ0v) is 10.0. The van der Waals surface area contributed by atoms with Crippen molar-refractivity contribution in [3.8, 4) is 23.3 Å². The van der Waals surface area contributed by atoms with Crippen LogP contribution >= 0.6 is 0 Å². The molecule has 0 amide bonds. The molecule has 0 aliphatic carbocycles. The smallest absolute Gasteiger partial charge is 0.169 e. The maximum atomic E-state index is 9.72. The molecular weight excluding hydrogens is 242 g/mol. The van der Waals surface area contributed by atoms with E-state index in [1.165, 1.54) is 0 Å². The van der Waals surface area contributed by atoms with Crippen LogP contribution in [0, 0.1) is 11.3 Å². The third-order valence-corrected chi connectivity index (χ3v) is 2.97. The van der Waals surface area contributed by atoms with Crippen LogP contribution in [0.4, 0.5) is 0 Å². The molecule has 94 valence electrons. The average Bonchev–Trinajstić information content (AvgIpc) is 2.83. The molecule has 2 aromatic rings. The number of benzene rings is 2. The average molecular weight is 253 g/mol. The van der Waals surface area contributed by atoms with Crippen molar-refractivity contribution in [1.29, 1.82) is 5.26 Å². The lowest BCUT2D eigenvalue weighted by Crippen LogP contribution is -1.97. The number of fused-ring (bicyclic) bond motifs is 1. The van der Waals surface area contributed by atoms with Crippen LogP contribution in [0.5, 0.6) is 17.2 Å². The minimum Gasteiger partial charge on any atom is -0.486 e. The number of para-hydroxylation sites is 1. The second-order valence-electron chi connectivity index (χ2n) is 4.24. The van der Waals surface area contributed by atoms with E-state index in [2.05, 4.69) is 6.07 Å². The molecular formula is C15H11NO3. The van der Waals surface area contributed by atoms with Gasteiger partial charge in [-0.2, -0.15) is 5.26 Å². The molecule has 2 aromatic carbocycles. The summed E-state index contributed by atoms with van der Waals surface area (Å²) < 4.78 is 11.2. The summed E-state index contributed by atoms with van der Waals surface area (Å²) in [5.74, 6) is 1.77. The minimum atomic E-state index is -0.598. The van der Waals surface area contributed by atoms with E-state index < -0.39 is 6.10 Å². The molecule has 1 aliphatic rings.